The van der Waals surface area contributed by atoms with Crippen molar-refractivity contribution in [1.29, 1.82) is 0 Å². The van der Waals surface area contributed by atoms with Gasteiger partial charge in [0.2, 0.25) is 11.8 Å². The Morgan fingerprint density at radius 1 is 1.12 bits per heavy atom. The Bertz CT molecular complexity index is 689. The molecular formula is C16H19N3O4S. The van der Waals surface area contributed by atoms with E-state index in [1.54, 1.807) is 37.9 Å². The molecule has 2 aromatic rings. The van der Waals surface area contributed by atoms with Gasteiger partial charge in [0.15, 0.2) is 16.6 Å². The van der Waals surface area contributed by atoms with Gasteiger partial charge in [-0.25, -0.2) is 4.98 Å². The summed E-state index contributed by atoms with van der Waals surface area (Å²) in [6, 6.07) is 5.42. The molecule has 128 valence electrons. The van der Waals surface area contributed by atoms with Crippen LogP contribution < -0.4 is 20.1 Å². The number of hydrogen-bond donors (Lipinski definition) is 2. The molecule has 2 rings (SSSR count). The quantitative estimate of drug-likeness (QED) is 0.762. The second-order valence-corrected chi connectivity index (χ2v) is 5.75. The third kappa shape index (κ3) is 5.24. The van der Waals surface area contributed by atoms with Crippen molar-refractivity contribution in [3.05, 3.63) is 35.3 Å². The summed E-state index contributed by atoms with van der Waals surface area (Å²) in [6.07, 6.45) is 1.83. The van der Waals surface area contributed by atoms with Crippen molar-refractivity contribution >= 4 is 28.3 Å². The van der Waals surface area contributed by atoms with Crippen LogP contribution >= 0.6 is 11.3 Å². The molecule has 0 spiro atoms. The number of aromatic nitrogens is 1. The van der Waals surface area contributed by atoms with Crippen LogP contribution in [0.15, 0.2) is 29.8 Å². The summed E-state index contributed by atoms with van der Waals surface area (Å²) in [7, 11) is 3.12. The van der Waals surface area contributed by atoms with E-state index in [1.807, 2.05) is 6.07 Å². The fourth-order valence-electron chi connectivity index (χ4n) is 1.97. The minimum atomic E-state index is -0.230. The fourth-order valence-corrected chi connectivity index (χ4v) is 2.52. The predicted molar refractivity (Wildman–Crippen MR) is 91.4 cm³/mol. The van der Waals surface area contributed by atoms with Crippen LogP contribution in [0.2, 0.25) is 0 Å². The van der Waals surface area contributed by atoms with E-state index < -0.39 is 0 Å². The van der Waals surface area contributed by atoms with Crippen LogP contribution in [0.3, 0.4) is 0 Å². The molecule has 0 fully saturated rings. The Hall–Kier alpha value is -2.61. The number of carbonyl (C=O) groups is 2. The number of hydrogen-bond acceptors (Lipinski definition) is 6. The van der Waals surface area contributed by atoms with Crippen LogP contribution in [0.25, 0.3) is 0 Å². The molecule has 8 heteroatoms. The number of amides is 2. The largest absolute Gasteiger partial charge is 0.493 e. The molecule has 2 amide bonds. The number of benzene rings is 1. The van der Waals surface area contributed by atoms with Crippen molar-refractivity contribution < 1.29 is 19.1 Å². The molecule has 0 saturated heterocycles. The maximum absolute atomic E-state index is 11.8. The van der Waals surface area contributed by atoms with Crippen molar-refractivity contribution in [3.8, 4) is 11.5 Å². The lowest BCUT2D eigenvalue weighted by Crippen LogP contribution is -2.24. The lowest BCUT2D eigenvalue weighted by Gasteiger charge is -2.10. The number of thiazole rings is 1. The zero-order chi connectivity index (χ0) is 17.4. The molecular weight excluding hydrogens is 330 g/mol. The van der Waals surface area contributed by atoms with Crippen LogP contribution in [-0.2, 0) is 16.1 Å². The summed E-state index contributed by atoms with van der Waals surface area (Å²) < 4.78 is 10.4. The van der Waals surface area contributed by atoms with Gasteiger partial charge in [-0.05, 0) is 17.7 Å². The van der Waals surface area contributed by atoms with Gasteiger partial charge < -0.3 is 20.1 Å². The Labute approximate surface area is 144 Å². The molecule has 0 bridgehead atoms. The van der Waals surface area contributed by atoms with Crippen molar-refractivity contribution in [1.82, 2.24) is 10.3 Å². The maximum Gasteiger partial charge on any atom is 0.226 e. The fraction of sp³-hybridized carbons (Fsp3) is 0.312. The maximum atomic E-state index is 11.8. The highest BCUT2D eigenvalue weighted by Gasteiger charge is 2.09. The molecule has 2 N–H and O–H groups in total. The predicted octanol–water partition coefficient (Wildman–Crippen LogP) is 2.20. The van der Waals surface area contributed by atoms with Gasteiger partial charge in [0.05, 0.1) is 14.2 Å². The molecule has 0 aliphatic carbocycles. The third-order valence-electron chi connectivity index (χ3n) is 3.20. The van der Waals surface area contributed by atoms with Crippen LogP contribution in [0.4, 0.5) is 5.13 Å². The standard InChI is InChI=1S/C16H19N3O4S/c1-22-12-4-3-11(9-13(12)23-2)10-18-14(20)5-6-15(21)19-16-17-7-8-24-16/h3-4,7-9H,5-6,10H2,1-2H3,(H,18,20)(H,17,19,21). The average Bonchev–Trinajstić information content (AvgIpc) is 3.10. The van der Waals surface area contributed by atoms with Crippen LogP contribution in [0.5, 0.6) is 11.5 Å². The van der Waals surface area contributed by atoms with Gasteiger partial charge in [0, 0.05) is 31.0 Å². The summed E-state index contributed by atoms with van der Waals surface area (Å²) in [6.45, 7) is 0.354. The van der Waals surface area contributed by atoms with Gasteiger partial charge in [0.25, 0.3) is 0 Å². The van der Waals surface area contributed by atoms with E-state index in [9.17, 15) is 9.59 Å². The highest BCUT2D eigenvalue weighted by Crippen LogP contribution is 2.27. The molecule has 0 unspecified atom stereocenters. The number of ether oxygens (including phenoxy) is 2. The topological polar surface area (TPSA) is 89.5 Å². The number of rotatable bonds is 8. The zero-order valence-corrected chi connectivity index (χ0v) is 14.3. The van der Waals surface area contributed by atoms with Gasteiger partial charge in [-0.3, -0.25) is 9.59 Å². The minimum absolute atomic E-state index is 0.108. The van der Waals surface area contributed by atoms with Crippen molar-refractivity contribution in [3.63, 3.8) is 0 Å². The summed E-state index contributed by atoms with van der Waals surface area (Å²) in [5.41, 5.74) is 0.883. The van der Waals surface area contributed by atoms with Gasteiger partial charge in [0.1, 0.15) is 0 Å². The van der Waals surface area contributed by atoms with Gasteiger partial charge in [-0.2, -0.15) is 0 Å². The Balaban J connectivity index is 1.75. The summed E-state index contributed by atoms with van der Waals surface area (Å²) >= 11 is 1.33. The summed E-state index contributed by atoms with van der Waals surface area (Å²) in [4.78, 5) is 27.5. The Morgan fingerprint density at radius 3 is 2.54 bits per heavy atom. The van der Waals surface area contributed by atoms with E-state index in [-0.39, 0.29) is 24.7 Å². The van der Waals surface area contributed by atoms with E-state index in [4.69, 9.17) is 9.47 Å². The van der Waals surface area contributed by atoms with Crippen LogP contribution in [-0.4, -0.2) is 31.0 Å². The summed E-state index contributed by atoms with van der Waals surface area (Å²) in [5.74, 6) is 0.809. The molecule has 1 heterocycles. The first kappa shape index (κ1) is 17.7. The van der Waals surface area contributed by atoms with E-state index in [0.29, 0.717) is 23.2 Å². The van der Waals surface area contributed by atoms with Gasteiger partial charge in [-0.15, -0.1) is 11.3 Å². The highest BCUT2D eigenvalue weighted by molar-refractivity contribution is 7.13. The van der Waals surface area contributed by atoms with E-state index in [2.05, 4.69) is 15.6 Å². The number of nitrogens with zero attached hydrogens (tertiary/aromatic N) is 1. The molecule has 1 aromatic heterocycles. The minimum Gasteiger partial charge on any atom is -0.493 e. The smallest absolute Gasteiger partial charge is 0.226 e. The van der Waals surface area contributed by atoms with E-state index >= 15 is 0 Å². The number of methoxy groups -OCH3 is 2. The molecule has 0 atom stereocenters. The Kier molecular flexibility index (Phi) is 6.56. The van der Waals surface area contributed by atoms with Crippen molar-refractivity contribution in [2.75, 3.05) is 19.5 Å². The first-order valence-corrected chi connectivity index (χ1v) is 8.17. The molecule has 24 heavy (non-hydrogen) atoms. The van der Waals surface area contributed by atoms with Gasteiger partial charge in [-0.1, -0.05) is 6.07 Å². The average molecular weight is 349 g/mol. The van der Waals surface area contributed by atoms with E-state index in [1.165, 1.54) is 11.3 Å². The first-order valence-electron chi connectivity index (χ1n) is 7.29. The van der Waals surface area contributed by atoms with Crippen LogP contribution in [0.1, 0.15) is 18.4 Å². The SMILES string of the molecule is COc1ccc(CNC(=O)CCC(=O)Nc2nccs2)cc1OC. The van der Waals surface area contributed by atoms with E-state index in [0.717, 1.165) is 5.56 Å². The second kappa shape index (κ2) is 8.88. The normalized spacial score (nSPS) is 10.1. The molecule has 0 aliphatic rings. The zero-order valence-electron chi connectivity index (χ0n) is 13.5. The van der Waals surface area contributed by atoms with Crippen LogP contribution in [0, 0.1) is 0 Å². The van der Waals surface area contributed by atoms with Crippen molar-refractivity contribution in [2.45, 2.75) is 19.4 Å². The number of nitrogens with one attached hydrogen (secondary N) is 2. The number of anilines is 1. The second-order valence-electron chi connectivity index (χ2n) is 4.85. The molecule has 0 aliphatic heterocycles. The highest BCUT2D eigenvalue weighted by atomic mass is 32.1. The first-order chi connectivity index (χ1) is 11.6. The third-order valence-corrected chi connectivity index (χ3v) is 3.88. The lowest BCUT2D eigenvalue weighted by molar-refractivity contribution is -0.124. The number of carbonyl (C=O) groups excluding carboxylic acids is 2. The molecule has 0 radical (unpaired) electrons. The monoisotopic (exact) mass is 349 g/mol. The Morgan fingerprint density at radius 2 is 1.88 bits per heavy atom. The molecule has 1 aromatic carbocycles. The molecule has 7 nitrogen and oxygen atoms in total. The van der Waals surface area contributed by atoms with Crippen molar-refractivity contribution in [2.24, 2.45) is 0 Å². The van der Waals surface area contributed by atoms with Gasteiger partial charge >= 0.3 is 0 Å². The summed E-state index contributed by atoms with van der Waals surface area (Å²) in [5, 5.41) is 7.71. The molecule has 0 saturated carbocycles. The lowest BCUT2D eigenvalue weighted by atomic mass is 10.2.